The number of aldehydes is 1. The van der Waals surface area contributed by atoms with Crippen LogP contribution in [0, 0.1) is 0 Å². The predicted molar refractivity (Wildman–Crippen MR) is 59.8 cm³/mol. The van der Waals surface area contributed by atoms with E-state index in [2.05, 4.69) is 15.9 Å². The fraction of sp³-hybridized carbons (Fsp3) is 0.364. The SMILES string of the molecule is COc1ccc(C(C)(C)C=O)cc1Br. The first-order chi connectivity index (χ1) is 6.51. The average Bonchev–Trinajstić information content (AvgIpc) is 2.17. The van der Waals surface area contributed by atoms with Crippen molar-refractivity contribution in [3.8, 4) is 5.75 Å². The van der Waals surface area contributed by atoms with E-state index in [-0.39, 0.29) is 0 Å². The highest BCUT2D eigenvalue weighted by atomic mass is 79.9. The number of halogens is 1. The van der Waals surface area contributed by atoms with E-state index in [1.165, 1.54) is 0 Å². The normalized spacial score (nSPS) is 11.1. The minimum absolute atomic E-state index is 0.450. The Hall–Kier alpha value is -0.830. The highest BCUT2D eigenvalue weighted by Crippen LogP contribution is 2.30. The van der Waals surface area contributed by atoms with E-state index < -0.39 is 5.41 Å². The van der Waals surface area contributed by atoms with Gasteiger partial charge in [0.1, 0.15) is 12.0 Å². The molecule has 0 aliphatic heterocycles. The molecule has 0 bridgehead atoms. The van der Waals surface area contributed by atoms with Crippen LogP contribution >= 0.6 is 15.9 Å². The molecule has 0 aromatic heterocycles. The number of ether oxygens (including phenoxy) is 1. The molecule has 14 heavy (non-hydrogen) atoms. The third-order valence-electron chi connectivity index (χ3n) is 2.19. The minimum atomic E-state index is -0.450. The maximum atomic E-state index is 10.8. The molecule has 0 saturated carbocycles. The third-order valence-corrected chi connectivity index (χ3v) is 2.81. The molecule has 0 radical (unpaired) electrons. The fourth-order valence-corrected chi connectivity index (χ4v) is 1.68. The number of hydrogen-bond donors (Lipinski definition) is 0. The summed E-state index contributed by atoms with van der Waals surface area (Å²) in [5.74, 6) is 0.774. The molecule has 0 amide bonds. The lowest BCUT2D eigenvalue weighted by Gasteiger charge is -2.18. The number of carbonyl (C=O) groups excluding carboxylic acids is 1. The summed E-state index contributed by atoms with van der Waals surface area (Å²) in [5, 5.41) is 0. The maximum absolute atomic E-state index is 10.8. The van der Waals surface area contributed by atoms with Crippen molar-refractivity contribution in [3.05, 3.63) is 28.2 Å². The van der Waals surface area contributed by atoms with Crippen LogP contribution < -0.4 is 4.74 Å². The van der Waals surface area contributed by atoms with Crippen molar-refractivity contribution in [1.82, 2.24) is 0 Å². The second-order valence-corrected chi connectivity index (χ2v) is 4.54. The van der Waals surface area contributed by atoms with Crippen molar-refractivity contribution in [2.24, 2.45) is 0 Å². The minimum Gasteiger partial charge on any atom is -0.496 e. The first-order valence-electron chi connectivity index (χ1n) is 4.31. The van der Waals surface area contributed by atoms with Crippen LogP contribution in [0.5, 0.6) is 5.75 Å². The van der Waals surface area contributed by atoms with Crippen LogP contribution in [0.25, 0.3) is 0 Å². The van der Waals surface area contributed by atoms with Crippen LogP contribution in [0.3, 0.4) is 0 Å². The Kier molecular flexibility index (Phi) is 3.32. The van der Waals surface area contributed by atoms with Gasteiger partial charge in [0, 0.05) is 5.41 Å². The number of carbonyl (C=O) groups is 1. The first kappa shape index (κ1) is 11.2. The summed E-state index contributed by atoms with van der Waals surface area (Å²) in [4.78, 5) is 10.8. The molecule has 76 valence electrons. The van der Waals surface area contributed by atoms with Gasteiger partial charge in [-0.15, -0.1) is 0 Å². The number of hydrogen-bond acceptors (Lipinski definition) is 2. The van der Waals surface area contributed by atoms with Gasteiger partial charge in [0.25, 0.3) is 0 Å². The predicted octanol–water partition coefficient (Wildman–Crippen LogP) is 2.93. The van der Waals surface area contributed by atoms with Crippen molar-refractivity contribution < 1.29 is 9.53 Å². The molecule has 0 spiro atoms. The lowest BCUT2D eigenvalue weighted by atomic mass is 9.86. The van der Waals surface area contributed by atoms with E-state index in [1.54, 1.807) is 7.11 Å². The summed E-state index contributed by atoms with van der Waals surface area (Å²) < 4.78 is 5.98. The van der Waals surface area contributed by atoms with Crippen LogP contribution in [-0.2, 0) is 10.2 Å². The van der Waals surface area contributed by atoms with Crippen LogP contribution in [0.15, 0.2) is 22.7 Å². The zero-order chi connectivity index (χ0) is 10.8. The van der Waals surface area contributed by atoms with Gasteiger partial charge in [0.05, 0.1) is 11.6 Å². The Morgan fingerprint density at radius 3 is 2.50 bits per heavy atom. The van der Waals surface area contributed by atoms with E-state index in [4.69, 9.17) is 4.74 Å². The van der Waals surface area contributed by atoms with Crippen LogP contribution in [-0.4, -0.2) is 13.4 Å². The Labute approximate surface area is 92.4 Å². The van der Waals surface area contributed by atoms with Gasteiger partial charge >= 0.3 is 0 Å². The van der Waals surface area contributed by atoms with Gasteiger partial charge < -0.3 is 9.53 Å². The zero-order valence-electron chi connectivity index (χ0n) is 8.50. The van der Waals surface area contributed by atoms with Crippen molar-refractivity contribution in [3.63, 3.8) is 0 Å². The topological polar surface area (TPSA) is 26.3 Å². The Morgan fingerprint density at radius 2 is 2.07 bits per heavy atom. The van der Waals surface area contributed by atoms with Gasteiger partial charge in [-0.05, 0) is 47.5 Å². The summed E-state index contributed by atoms with van der Waals surface area (Å²) >= 11 is 3.39. The monoisotopic (exact) mass is 256 g/mol. The Bertz CT molecular complexity index is 345. The molecule has 0 atom stereocenters. The molecule has 1 rings (SSSR count). The standard InChI is InChI=1S/C11H13BrO2/c1-11(2,7-13)8-4-5-10(14-3)9(12)6-8/h4-7H,1-3H3. The smallest absolute Gasteiger partial charge is 0.133 e. The Morgan fingerprint density at radius 1 is 1.43 bits per heavy atom. The molecule has 1 aromatic rings. The van der Waals surface area contributed by atoms with Crippen LogP contribution in [0.1, 0.15) is 19.4 Å². The van der Waals surface area contributed by atoms with Gasteiger partial charge in [-0.3, -0.25) is 0 Å². The zero-order valence-corrected chi connectivity index (χ0v) is 10.1. The van der Waals surface area contributed by atoms with Crippen molar-refractivity contribution in [2.45, 2.75) is 19.3 Å². The number of methoxy groups -OCH3 is 1. The van der Waals surface area contributed by atoms with Crippen LogP contribution in [0.4, 0.5) is 0 Å². The van der Waals surface area contributed by atoms with E-state index in [9.17, 15) is 4.79 Å². The van der Waals surface area contributed by atoms with E-state index in [1.807, 2.05) is 32.0 Å². The molecule has 0 aliphatic rings. The molecule has 0 N–H and O–H groups in total. The van der Waals surface area contributed by atoms with Crippen molar-refractivity contribution in [1.29, 1.82) is 0 Å². The molecule has 0 fully saturated rings. The summed E-state index contributed by atoms with van der Waals surface area (Å²) in [6, 6.07) is 5.66. The van der Waals surface area contributed by atoms with Gasteiger partial charge in [-0.2, -0.15) is 0 Å². The lowest BCUT2D eigenvalue weighted by molar-refractivity contribution is -0.111. The molecule has 3 heteroatoms. The molecule has 0 aliphatic carbocycles. The molecule has 1 aromatic carbocycles. The fourth-order valence-electron chi connectivity index (χ4n) is 1.14. The van der Waals surface area contributed by atoms with Gasteiger partial charge in [0.2, 0.25) is 0 Å². The number of rotatable bonds is 3. The van der Waals surface area contributed by atoms with E-state index in [0.29, 0.717) is 0 Å². The van der Waals surface area contributed by atoms with Crippen LogP contribution in [0.2, 0.25) is 0 Å². The van der Waals surface area contributed by atoms with E-state index >= 15 is 0 Å². The van der Waals surface area contributed by atoms with Crippen molar-refractivity contribution in [2.75, 3.05) is 7.11 Å². The number of benzene rings is 1. The molecular formula is C11H13BrO2. The Balaban J connectivity index is 3.15. The summed E-state index contributed by atoms with van der Waals surface area (Å²) in [6.07, 6.45) is 0.946. The van der Waals surface area contributed by atoms with Crippen molar-refractivity contribution >= 4 is 22.2 Å². The summed E-state index contributed by atoms with van der Waals surface area (Å²) in [5.41, 5.74) is 0.523. The highest BCUT2D eigenvalue weighted by Gasteiger charge is 2.20. The van der Waals surface area contributed by atoms with E-state index in [0.717, 1.165) is 22.1 Å². The molecule has 2 nitrogen and oxygen atoms in total. The lowest BCUT2D eigenvalue weighted by Crippen LogP contribution is -2.18. The first-order valence-corrected chi connectivity index (χ1v) is 5.11. The summed E-state index contributed by atoms with van der Waals surface area (Å²) in [6.45, 7) is 3.77. The maximum Gasteiger partial charge on any atom is 0.133 e. The second-order valence-electron chi connectivity index (χ2n) is 3.69. The van der Waals surface area contributed by atoms with Gasteiger partial charge in [-0.1, -0.05) is 6.07 Å². The molecule has 0 unspecified atom stereocenters. The third kappa shape index (κ3) is 2.15. The van der Waals surface area contributed by atoms with Gasteiger partial charge in [0.15, 0.2) is 0 Å². The second kappa shape index (κ2) is 4.13. The quantitative estimate of drug-likeness (QED) is 0.778. The summed E-state index contributed by atoms with van der Waals surface area (Å²) in [7, 11) is 1.62. The molecular weight excluding hydrogens is 244 g/mol. The molecule has 0 heterocycles. The molecule has 0 saturated heterocycles. The van der Waals surface area contributed by atoms with Gasteiger partial charge in [-0.25, -0.2) is 0 Å². The largest absolute Gasteiger partial charge is 0.496 e. The average molecular weight is 257 g/mol. The highest BCUT2D eigenvalue weighted by molar-refractivity contribution is 9.10.